The number of H-pyrrole nitrogens is 1. The minimum absolute atomic E-state index is 0.0503. The Morgan fingerprint density at radius 2 is 1.90 bits per heavy atom. The van der Waals surface area contributed by atoms with Gasteiger partial charge in [-0.2, -0.15) is 0 Å². The lowest BCUT2D eigenvalue weighted by Crippen LogP contribution is -2.53. The van der Waals surface area contributed by atoms with E-state index >= 15 is 0 Å². The van der Waals surface area contributed by atoms with Crippen LogP contribution in [0.15, 0.2) is 61.1 Å². The van der Waals surface area contributed by atoms with Crippen molar-refractivity contribution in [3.8, 4) is 11.5 Å². The molecule has 2 heterocycles. The molecule has 12 nitrogen and oxygen atoms in total. The van der Waals surface area contributed by atoms with Gasteiger partial charge in [-0.25, -0.2) is 9.37 Å². The zero-order valence-electron chi connectivity index (χ0n) is 21.4. The van der Waals surface area contributed by atoms with E-state index in [0.717, 1.165) is 0 Å². The summed E-state index contributed by atoms with van der Waals surface area (Å²) in [4.78, 5) is 58.9. The Morgan fingerprint density at radius 1 is 1.10 bits per heavy atom. The van der Waals surface area contributed by atoms with Crippen molar-refractivity contribution in [2.24, 2.45) is 0 Å². The molecule has 0 aliphatic carbocycles. The normalized spacial score (nSPS) is 18.2. The second-order valence-corrected chi connectivity index (χ2v) is 8.86. The highest BCUT2D eigenvalue weighted by atomic mass is 19.1. The molecule has 0 unspecified atom stereocenters. The van der Waals surface area contributed by atoms with Crippen LogP contribution in [0.2, 0.25) is 0 Å². The monoisotopic (exact) mass is 552 g/mol. The summed E-state index contributed by atoms with van der Waals surface area (Å²) in [6.45, 7) is 0.315. The smallest absolute Gasteiger partial charge is 0.255 e. The number of nitrogens with zero attached hydrogens (tertiary/aromatic N) is 1. The van der Waals surface area contributed by atoms with E-state index in [2.05, 4.69) is 31.2 Å². The first-order valence-electron chi connectivity index (χ1n) is 12.6. The van der Waals surface area contributed by atoms with E-state index in [9.17, 15) is 23.6 Å². The molecule has 0 saturated heterocycles. The Balaban J connectivity index is 1.47. The minimum atomic E-state index is -1.27. The first kappa shape index (κ1) is 28.1. The molecule has 40 heavy (non-hydrogen) atoms. The molecule has 1 aliphatic heterocycles. The lowest BCUT2D eigenvalue weighted by Gasteiger charge is -2.23. The SMILES string of the molecule is O=C1C[C@@H](C(=O)NCCOc2ccc(F)cc2)NC(=O)c2ccccc2OCCNC(=O)[C@H](Cc2cnc[nH]2)N1. The van der Waals surface area contributed by atoms with Gasteiger partial charge in [0, 0.05) is 18.3 Å². The number of rotatable bonds is 7. The number of nitrogens with one attached hydrogen (secondary N) is 5. The number of amides is 4. The number of halogens is 1. The van der Waals surface area contributed by atoms with E-state index < -0.39 is 48.0 Å². The molecule has 0 spiro atoms. The molecule has 2 atom stereocenters. The van der Waals surface area contributed by atoms with Crippen molar-refractivity contribution in [1.29, 1.82) is 0 Å². The largest absolute Gasteiger partial charge is 0.492 e. The van der Waals surface area contributed by atoms with Gasteiger partial charge in [0.25, 0.3) is 5.91 Å². The van der Waals surface area contributed by atoms with E-state index in [1.165, 1.54) is 42.9 Å². The van der Waals surface area contributed by atoms with E-state index in [1.54, 1.807) is 18.2 Å². The molecule has 4 rings (SSSR count). The average molecular weight is 553 g/mol. The standard InChI is InChI=1S/C27H29FN6O6/c28-17-5-7-19(8-6-17)39-11-9-30-27(38)22-14-24(35)33-21(13-18-15-29-16-32-18)26(37)31-10-12-40-23-4-2-1-3-20(23)25(36)34-22/h1-8,15-16,21-22H,9-14H2,(H,29,32)(H,30,38)(H,31,37)(H,33,35)(H,34,36)/t21-,22-/m0/s1. The maximum atomic E-state index is 13.1. The number of benzene rings is 2. The van der Waals surface area contributed by atoms with Crippen molar-refractivity contribution in [3.05, 3.63) is 78.1 Å². The van der Waals surface area contributed by atoms with Gasteiger partial charge in [-0.05, 0) is 36.4 Å². The summed E-state index contributed by atoms with van der Waals surface area (Å²) in [5, 5.41) is 10.6. The molecular weight excluding hydrogens is 523 g/mol. The highest BCUT2D eigenvalue weighted by Gasteiger charge is 2.29. The molecule has 2 aromatic carbocycles. The summed E-state index contributed by atoms with van der Waals surface area (Å²) < 4.78 is 24.3. The molecule has 13 heteroatoms. The first-order valence-corrected chi connectivity index (χ1v) is 12.6. The number of aromatic amines is 1. The summed E-state index contributed by atoms with van der Waals surface area (Å²) in [5.74, 6) is -2.03. The topological polar surface area (TPSA) is 164 Å². The van der Waals surface area contributed by atoms with Crippen LogP contribution in [-0.2, 0) is 20.8 Å². The van der Waals surface area contributed by atoms with Crippen LogP contribution in [0.4, 0.5) is 4.39 Å². The summed E-state index contributed by atoms with van der Waals surface area (Å²) in [5.41, 5.74) is 0.788. The third kappa shape index (κ3) is 8.03. The molecule has 3 aromatic rings. The molecule has 4 amide bonds. The van der Waals surface area contributed by atoms with Gasteiger partial charge in [0.15, 0.2) is 0 Å². The lowest BCUT2D eigenvalue weighted by atomic mass is 10.1. The van der Waals surface area contributed by atoms with Crippen molar-refractivity contribution in [1.82, 2.24) is 31.2 Å². The zero-order valence-corrected chi connectivity index (χ0v) is 21.4. The number of para-hydroxylation sites is 1. The fraction of sp³-hybridized carbons (Fsp3) is 0.296. The van der Waals surface area contributed by atoms with Crippen LogP contribution < -0.4 is 30.7 Å². The van der Waals surface area contributed by atoms with Crippen LogP contribution >= 0.6 is 0 Å². The summed E-state index contributed by atoms with van der Waals surface area (Å²) in [6.07, 6.45) is 2.69. The van der Waals surface area contributed by atoms with E-state index in [-0.39, 0.29) is 44.0 Å². The molecule has 0 radical (unpaired) electrons. The molecule has 0 fully saturated rings. The molecule has 1 aromatic heterocycles. The Labute approximate surface area is 229 Å². The lowest BCUT2D eigenvalue weighted by molar-refractivity contribution is -0.131. The van der Waals surface area contributed by atoms with Gasteiger partial charge < -0.3 is 35.7 Å². The predicted octanol–water partition coefficient (Wildman–Crippen LogP) is 0.469. The van der Waals surface area contributed by atoms with Gasteiger partial charge in [0.05, 0.1) is 31.4 Å². The molecule has 210 valence electrons. The van der Waals surface area contributed by atoms with Crippen molar-refractivity contribution >= 4 is 23.6 Å². The maximum Gasteiger partial charge on any atom is 0.255 e. The number of aromatic nitrogens is 2. The van der Waals surface area contributed by atoms with Gasteiger partial charge in [0.2, 0.25) is 17.7 Å². The van der Waals surface area contributed by atoms with E-state index in [4.69, 9.17) is 9.47 Å². The number of fused-ring (bicyclic) bond motifs is 1. The number of carbonyl (C=O) groups is 4. The van der Waals surface area contributed by atoms with Crippen LogP contribution in [0.25, 0.3) is 0 Å². The second-order valence-electron chi connectivity index (χ2n) is 8.86. The number of imidazole rings is 1. The van der Waals surface area contributed by atoms with E-state index in [1.807, 2.05) is 0 Å². The maximum absolute atomic E-state index is 13.1. The summed E-state index contributed by atoms with van der Waals surface area (Å²) >= 11 is 0. The van der Waals surface area contributed by atoms with Crippen molar-refractivity contribution in [2.75, 3.05) is 26.3 Å². The fourth-order valence-corrected chi connectivity index (χ4v) is 3.95. The molecule has 0 bridgehead atoms. The van der Waals surface area contributed by atoms with Gasteiger partial charge in [-0.3, -0.25) is 19.2 Å². The molecular formula is C27H29FN6O6. The molecule has 1 aliphatic rings. The van der Waals surface area contributed by atoms with Crippen molar-refractivity contribution in [3.63, 3.8) is 0 Å². The van der Waals surface area contributed by atoms with Gasteiger partial charge in [-0.1, -0.05) is 12.1 Å². The number of hydrogen-bond donors (Lipinski definition) is 5. The van der Waals surface area contributed by atoms with Crippen LogP contribution in [0.1, 0.15) is 22.5 Å². The Kier molecular flexibility index (Phi) is 9.64. The van der Waals surface area contributed by atoms with Gasteiger partial charge in [-0.15, -0.1) is 0 Å². The van der Waals surface area contributed by atoms with Crippen molar-refractivity contribution < 1.29 is 33.0 Å². The summed E-state index contributed by atoms with van der Waals surface area (Å²) in [6, 6.07) is 9.62. The van der Waals surface area contributed by atoms with Crippen molar-refractivity contribution in [2.45, 2.75) is 24.9 Å². The third-order valence-corrected chi connectivity index (χ3v) is 5.92. The molecule has 0 saturated carbocycles. The Morgan fingerprint density at radius 3 is 2.67 bits per heavy atom. The second kappa shape index (κ2) is 13.7. The van der Waals surface area contributed by atoms with Crippen LogP contribution in [0, 0.1) is 5.82 Å². The Hall–Kier alpha value is -4.94. The fourth-order valence-electron chi connectivity index (χ4n) is 3.95. The van der Waals surface area contributed by atoms with Gasteiger partial charge >= 0.3 is 0 Å². The minimum Gasteiger partial charge on any atom is -0.492 e. The number of ether oxygens (including phenoxy) is 2. The number of carbonyl (C=O) groups excluding carboxylic acids is 4. The third-order valence-electron chi connectivity index (χ3n) is 5.92. The highest BCUT2D eigenvalue weighted by Crippen LogP contribution is 2.18. The van der Waals surface area contributed by atoms with Crippen LogP contribution in [-0.4, -0.2) is 72.0 Å². The van der Waals surface area contributed by atoms with Crippen LogP contribution in [0.3, 0.4) is 0 Å². The van der Waals surface area contributed by atoms with Gasteiger partial charge in [0.1, 0.15) is 42.6 Å². The highest BCUT2D eigenvalue weighted by molar-refractivity contribution is 6.01. The first-order chi connectivity index (χ1) is 19.4. The summed E-state index contributed by atoms with van der Waals surface area (Å²) in [7, 11) is 0. The van der Waals surface area contributed by atoms with Crippen LogP contribution in [0.5, 0.6) is 11.5 Å². The zero-order chi connectivity index (χ0) is 28.3. The predicted molar refractivity (Wildman–Crippen MR) is 140 cm³/mol. The molecule has 5 N–H and O–H groups in total. The number of hydrogen-bond acceptors (Lipinski definition) is 7. The Bertz CT molecular complexity index is 1320. The average Bonchev–Trinajstić information content (AvgIpc) is 3.46. The quantitative estimate of drug-likeness (QED) is 0.266. The van der Waals surface area contributed by atoms with E-state index in [0.29, 0.717) is 11.4 Å².